The predicted molar refractivity (Wildman–Crippen MR) is 108 cm³/mol. The third kappa shape index (κ3) is 5.09. The Morgan fingerprint density at radius 1 is 0.808 bits per heavy atom. The Hall–Kier alpha value is -1.84. The molecule has 2 atom stereocenters. The average molecular weight is 365 g/mol. The van der Waals surface area contributed by atoms with E-state index in [4.69, 9.17) is 18.9 Å². The lowest BCUT2D eigenvalue weighted by Gasteiger charge is -2.22. The van der Waals surface area contributed by atoms with Gasteiger partial charge in [0.15, 0.2) is 11.5 Å². The van der Waals surface area contributed by atoms with Crippen molar-refractivity contribution in [3.63, 3.8) is 0 Å². The van der Waals surface area contributed by atoms with E-state index < -0.39 is 0 Å². The summed E-state index contributed by atoms with van der Waals surface area (Å²) in [4.78, 5) is 0. The van der Waals surface area contributed by atoms with E-state index in [1.165, 1.54) is 18.4 Å². The molecule has 148 valence electrons. The van der Waals surface area contributed by atoms with Crippen LogP contribution in [0, 0.1) is 18.8 Å². The van der Waals surface area contributed by atoms with Gasteiger partial charge in [-0.2, -0.15) is 0 Å². The Kier molecular flexibility index (Phi) is 8.83. The SMILES string of the molecule is C=C(C)C(C)CCC(C)CCc1c(C)c(OC)c(OC)c(OC)c1OC. The number of rotatable bonds is 11. The van der Waals surface area contributed by atoms with E-state index in [0.717, 1.165) is 29.7 Å². The molecule has 2 unspecified atom stereocenters. The first-order chi connectivity index (χ1) is 12.3. The highest BCUT2D eigenvalue weighted by molar-refractivity contribution is 5.66. The van der Waals surface area contributed by atoms with Crippen LogP contribution in [0.25, 0.3) is 0 Å². The fourth-order valence-corrected chi connectivity index (χ4v) is 3.27. The molecule has 0 aliphatic heterocycles. The highest BCUT2D eigenvalue weighted by Gasteiger charge is 2.25. The van der Waals surface area contributed by atoms with Gasteiger partial charge in [0.1, 0.15) is 0 Å². The van der Waals surface area contributed by atoms with Gasteiger partial charge in [-0.25, -0.2) is 0 Å². The van der Waals surface area contributed by atoms with E-state index >= 15 is 0 Å². The van der Waals surface area contributed by atoms with Gasteiger partial charge < -0.3 is 18.9 Å². The summed E-state index contributed by atoms with van der Waals surface area (Å²) in [7, 11) is 6.57. The summed E-state index contributed by atoms with van der Waals surface area (Å²) < 4.78 is 22.4. The number of methoxy groups -OCH3 is 4. The van der Waals surface area contributed by atoms with Crippen molar-refractivity contribution in [1.82, 2.24) is 0 Å². The van der Waals surface area contributed by atoms with Gasteiger partial charge in [-0.15, -0.1) is 0 Å². The molecule has 0 aliphatic rings. The zero-order valence-corrected chi connectivity index (χ0v) is 17.8. The van der Waals surface area contributed by atoms with Crippen molar-refractivity contribution in [3.8, 4) is 23.0 Å². The van der Waals surface area contributed by atoms with Crippen LogP contribution in [0.3, 0.4) is 0 Å². The van der Waals surface area contributed by atoms with E-state index in [-0.39, 0.29) is 0 Å². The van der Waals surface area contributed by atoms with Gasteiger partial charge in [-0.1, -0.05) is 32.4 Å². The number of hydrogen-bond donors (Lipinski definition) is 0. The molecule has 0 heterocycles. The molecule has 0 bridgehead atoms. The van der Waals surface area contributed by atoms with Crippen molar-refractivity contribution in [2.45, 2.75) is 53.4 Å². The first kappa shape index (κ1) is 22.2. The van der Waals surface area contributed by atoms with Crippen LogP contribution in [0.5, 0.6) is 23.0 Å². The summed E-state index contributed by atoms with van der Waals surface area (Å²) >= 11 is 0. The molecular weight excluding hydrogens is 328 g/mol. The van der Waals surface area contributed by atoms with E-state index in [0.29, 0.717) is 29.1 Å². The summed E-state index contributed by atoms with van der Waals surface area (Å²) in [5.41, 5.74) is 3.44. The lowest BCUT2D eigenvalue weighted by Crippen LogP contribution is -2.07. The average Bonchev–Trinajstić information content (AvgIpc) is 2.63. The third-order valence-corrected chi connectivity index (χ3v) is 5.32. The number of hydrogen-bond acceptors (Lipinski definition) is 4. The van der Waals surface area contributed by atoms with Crippen molar-refractivity contribution in [2.24, 2.45) is 11.8 Å². The molecule has 0 aliphatic carbocycles. The zero-order valence-electron chi connectivity index (χ0n) is 17.8. The molecule has 0 amide bonds. The second-order valence-corrected chi connectivity index (χ2v) is 7.21. The Morgan fingerprint density at radius 3 is 1.77 bits per heavy atom. The van der Waals surface area contributed by atoms with Gasteiger partial charge in [0.05, 0.1) is 28.4 Å². The molecular formula is C22H36O4. The van der Waals surface area contributed by atoms with Crippen molar-refractivity contribution in [2.75, 3.05) is 28.4 Å². The maximum Gasteiger partial charge on any atom is 0.207 e. The van der Waals surface area contributed by atoms with E-state index in [2.05, 4.69) is 27.4 Å². The maximum absolute atomic E-state index is 5.68. The molecule has 0 spiro atoms. The highest BCUT2D eigenvalue weighted by atomic mass is 16.5. The van der Waals surface area contributed by atoms with Gasteiger partial charge in [0.2, 0.25) is 11.5 Å². The van der Waals surface area contributed by atoms with Crippen molar-refractivity contribution in [1.29, 1.82) is 0 Å². The second kappa shape index (κ2) is 10.3. The molecule has 0 radical (unpaired) electrons. The van der Waals surface area contributed by atoms with Crippen LogP contribution in [0.4, 0.5) is 0 Å². The fraction of sp³-hybridized carbons (Fsp3) is 0.636. The van der Waals surface area contributed by atoms with Crippen molar-refractivity contribution >= 4 is 0 Å². The van der Waals surface area contributed by atoms with Gasteiger partial charge >= 0.3 is 0 Å². The molecule has 1 rings (SSSR count). The fourth-order valence-electron chi connectivity index (χ4n) is 3.27. The predicted octanol–water partition coefficient (Wildman–Crippen LogP) is 5.59. The minimum absolute atomic E-state index is 0.579. The largest absolute Gasteiger partial charge is 0.492 e. The van der Waals surface area contributed by atoms with Crippen molar-refractivity contribution in [3.05, 3.63) is 23.3 Å². The van der Waals surface area contributed by atoms with Gasteiger partial charge in [0.25, 0.3) is 0 Å². The molecule has 0 saturated carbocycles. The number of ether oxygens (including phenoxy) is 4. The minimum Gasteiger partial charge on any atom is -0.492 e. The standard InChI is InChI=1S/C22H36O4/c1-14(2)16(4)12-10-15(3)11-13-18-17(5)19(23-6)21(25-8)22(26-9)20(18)24-7/h15-16H,1,10-13H2,2-9H3. The molecule has 0 N–H and O–H groups in total. The number of benzene rings is 1. The first-order valence-electron chi connectivity index (χ1n) is 9.32. The highest BCUT2D eigenvalue weighted by Crippen LogP contribution is 2.49. The lowest BCUT2D eigenvalue weighted by molar-refractivity contribution is 0.301. The summed E-state index contributed by atoms with van der Waals surface area (Å²) in [5, 5.41) is 0. The van der Waals surface area contributed by atoms with Crippen LogP contribution in [0.1, 0.15) is 51.2 Å². The Balaban J connectivity index is 3.03. The monoisotopic (exact) mass is 364 g/mol. The van der Waals surface area contributed by atoms with E-state index in [1.54, 1.807) is 28.4 Å². The molecule has 4 heteroatoms. The summed E-state index contributed by atoms with van der Waals surface area (Å²) in [6.07, 6.45) is 4.37. The van der Waals surface area contributed by atoms with Crippen LogP contribution < -0.4 is 18.9 Å². The van der Waals surface area contributed by atoms with Gasteiger partial charge in [-0.3, -0.25) is 0 Å². The summed E-state index contributed by atoms with van der Waals surface area (Å²) in [6.45, 7) is 12.8. The minimum atomic E-state index is 0.579. The third-order valence-electron chi connectivity index (χ3n) is 5.32. The normalized spacial score (nSPS) is 13.1. The van der Waals surface area contributed by atoms with Crippen molar-refractivity contribution < 1.29 is 18.9 Å². The summed E-state index contributed by atoms with van der Waals surface area (Å²) in [6, 6.07) is 0. The Labute approximate surface area is 159 Å². The van der Waals surface area contributed by atoms with Gasteiger partial charge in [-0.05, 0) is 44.9 Å². The quantitative estimate of drug-likeness (QED) is 0.480. The molecule has 1 aromatic rings. The van der Waals surface area contributed by atoms with Crippen LogP contribution in [0.2, 0.25) is 0 Å². The van der Waals surface area contributed by atoms with Crippen LogP contribution in [-0.2, 0) is 6.42 Å². The number of allylic oxidation sites excluding steroid dienone is 1. The molecule has 0 fully saturated rings. The zero-order chi connectivity index (χ0) is 19.9. The molecule has 0 saturated heterocycles. The Morgan fingerprint density at radius 2 is 1.31 bits per heavy atom. The van der Waals surface area contributed by atoms with E-state index in [1.807, 2.05) is 6.92 Å². The lowest BCUT2D eigenvalue weighted by atomic mass is 9.89. The first-order valence-corrected chi connectivity index (χ1v) is 9.32. The van der Waals surface area contributed by atoms with Crippen LogP contribution >= 0.6 is 0 Å². The maximum atomic E-state index is 5.68. The summed E-state index contributed by atoms with van der Waals surface area (Å²) in [5.74, 6) is 3.83. The van der Waals surface area contributed by atoms with Gasteiger partial charge in [0, 0.05) is 11.1 Å². The second-order valence-electron chi connectivity index (χ2n) is 7.21. The molecule has 0 aromatic heterocycles. The Bertz CT molecular complexity index is 607. The van der Waals surface area contributed by atoms with E-state index in [9.17, 15) is 0 Å². The molecule has 4 nitrogen and oxygen atoms in total. The smallest absolute Gasteiger partial charge is 0.207 e. The van der Waals surface area contributed by atoms with Crippen LogP contribution in [0.15, 0.2) is 12.2 Å². The molecule has 26 heavy (non-hydrogen) atoms. The van der Waals surface area contributed by atoms with Crippen LogP contribution in [-0.4, -0.2) is 28.4 Å². The molecule has 1 aromatic carbocycles. The topological polar surface area (TPSA) is 36.9 Å².